The van der Waals surface area contributed by atoms with Gasteiger partial charge in [0, 0.05) is 17.1 Å². The van der Waals surface area contributed by atoms with Gasteiger partial charge in [-0.3, -0.25) is 4.79 Å². The van der Waals surface area contributed by atoms with E-state index in [-0.39, 0.29) is 5.56 Å². The van der Waals surface area contributed by atoms with Crippen molar-refractivity contribution < 1.29 is 13.9 Å². The van der Waals surface area contributed by atoms with Gasteiger partial charge >= 0.3 is 0 Å². The zero-order valence-electron chi connectivity index (χ0n) is 13.6. The predicted octanol–water partition coefficient (Wildman–Crippen LogP) is 4.83. The number of hydrogen-bond acceptors (Lipinski definition) is 3. The molecule has 1 amide bonds. The lowest BCUT2D eigenvalue weighted by Crippen LogP contribution is -2.13. The number of anilines is 3. The molecule has 0 atom stereocenters. The molecule has 0 heterocycles. The van der Waals surface area contributed by atoms with E-state index in [0.717, 1.165) is 17.1 Å². The van der Waals surface area contributed by atoms with E-state index in [1.54, 1.807) is 31.4 Å². The first-order chi connectivity index (χ1) is 12.2. The summed E-state index contributed by atoms with van der Waals surface area (Å²) in [5.41, 5.74) is 2.40. The molecule has 0 saturated heterocycles. The summed E-state index contributed by atoms with van der Waals surface area (Å²) in [6, 6.07) is 20.6. The summed E-state index contributed by atoms with van der Waals surface area (Å²) in [4.78, 5) is 12.1. The predicted molar refractivity (Wildman–Crippen MR) is 97.1 cm³/mol. The lowest BCUT2D eigenvalue weighted by Gasteiger charge is -2.09. The molecule has 0 fully saturated rings. The zero-order chi connectivity index (χ0) is 17.6. The monoisotopic (exact) mass is 336 g/mol. The third-order valence-corrected chi connectivity index (χ3v) is 3.64. The number of benzene rings is 3. The largest absolute Gasteiger partial charge is 0.497 e. The highest BCUT2D eigenvalue weighted by atomic mass is 19.1. The van der Waals surface area contributed by atoms with Crippen LogP contribution >= 0.6 is 0 Å². The summed E-state index contributed by atoms with van der Waals surface area (Å²) >= 11 is 0. The second-order valence-electron chi connectivity index (χ2n) is 5.36. The number of methoxy groups -OCH3 is 1. The summed E-state index contributed by atoms with van der Waals surface area (Å²) in [5, 5.41) is 5.93. The van der Waals surface area contributed by atoms with E-state index >= 15 is 0 Å². The Morgan fingerprint density at radius 3 is 2.00 bits per heavy atom. The number of amides is 1. The van der Waals surface area contributed by atoms with Crippen molar-refractivity contribution in [3.05, 3.63) is 84.2 Å². The summed E-state index contributed by atoms with van der Waals surface area (Å²) in [6.45, 7) is 0. The average Bonchev–Trinajstić information content (AvgIpc) is 2.64. The van der Waals surface area contributed by atoms with Crippen LogP contribution in [0.15, 0.2) is 72.8 Å². The molecule has 25 heavy (non-hydrogen) atoms. The van der Waals surface area contributed by atoms with Crippen LogP contribution in [0.25, 0.3) is 0 Å². The second-order valence-corrected chi connectivity index (χ2v) is 5.36. The zero-order valence-corrected chi connectivity index (χ0v) is 13.6. The minimum Gasteiger partial charge on any atom is -0.497 e. The first kappa shape index (κ1) is 16.5. The second kappa shape index (κ2) is 7.49. The SMILES string of the molecule is COc1ccc(Nc2ccc(NC(=O)c3ccccc3F)cc2)cc1. The van der Waals surface area contributed by atoms with E-state index in [9.17, 15) is 9.18 Å². The van der Waals surface area contributed by atoms with Crippen LogP contribution in [-0.4, -0.2) is 13.0 Å². The van der Waals surface area contributed by atoms with Crippen LogP contribution in [0, 0.1) is 5.82 Å². The van der Waals surface area contributed by atoms with Crippen molar-refractivity contribution in [1.82, 2.24) is 0 Å². The Morgan fingerprint density at radius 2 is 1.40 bits per heavy atom. The lowest BCUT2D eigenvalue weighted by molar-refractivity contribution is 0.102. The van der Waals surface area contributed by atoms with Crippen LogP contribution in [0.1, 0.15) is 10.4 Å². The minimum absolute atomic E-state index is 0.0166. The maximum absolute atomic E-state index is 13.6. The number of halogens is 1. The summed E-state index contributed by atoms with van der Waals surface area (Å²) in [5.74, 6) is -0.233. The molecule has 0 bridgehead atoms. The molecule has 4 nitrogen and oxygen atoms in total. The normalized spacial score (nSPS) is 10.2. The van der Waals surface area contributed by atoms with Gasteiger partial charge < -0.3 is 15.4 Å². The lowest BCUT2D eigenvalue weighted by atomic mass is 10.2. The fourth-order valence-electron chi connectivity index (χ4n) is 2.32. The van der Waals surface area contributed by atoms with Gasteiger partial charge in [0.1, 0.15) is 11.6 Å². The molecule has 0 unspecified atom stereocenters. The quantitative estimate of drug-likeness (QED) is 0.701. The summed E-state index contributed by atoms with van der Waals surface area (Å²) in [7, 11) is 1.62. The molecular formula is C20H17FN2O2. The molecular weight excluding hydrogens is 319 g/mol. The first-order valence-electron chi connectivity index (χ1n) is 7.73. The van der Waals surface area contributed by atoms with Crippen LogP contribution in [0.4, 0.5) is 21.5 Å². The van der Waals surface area contributed by atoms with E-state index in [1.165, 1.54) is 12.1 Å². The van der Waals surface area contributed by atoms with Crippen molar-refractivity contribution in [3.63, 3.8) is 0 Å². The number of nitrogens with one attached hydrogen (secondary N) is 2. The Kier molecular flexibility index (Phi) is 4.95. The van der Waals surface area contributed by atoms with E-state index in [4.69, 9.17) is 4.74 Å². The van der Waals surface area contributed by atoms with Gasteiger partial charge in [0.25, 0.3) is 5.91 Å². The molecule has 0 aromatic heterocycles. The molecule has 0 aliphatic heterocycles. The molecule has 3 rings (SSSR count). The van der Waals surface area contributed by atoms with E-state index in [2.05, 4.69) is 10.6 Å². The molecule has 2 N–H and O–H groups in total. The molecule has 3 aromatic rings. The summed E-state index contributed by atoms with van der Waals surface area (Å²) < 4.78 is 18.7. The third-order valence-electron chi connectivity index (χ3n) is 3.64. The Bertz CT molecular complexity index is 862. The molecule has 0 aliphatic carbocycles. The van der Waals surface area contributed by atoms with Crippen LogP contribution in [-0.2, 0) is 0 Å². The molecule has 0 aliphatic rings. The van der Waals surface area contributed by atoms with Crippen LogP contribution in [0.2, 0.25) is 0 Å². The Morgan fingerprint density at radius 1 is 0.840 bits per heavy atom. The fraction of sp³-hybridized carbons (Fsp3) is 0.0500. The number of rotatable bonds is 5. The number of hydrogen-bond donors (Lipinski definition) is 2. The van der Waals surface area contributed by atoms with E-state index < -0.39 is 11.7 Å². The number of carbonyl (C=O) groups is 1. The Balaban J connectivity index is 1.65. The molecule has 3 aromatic carbocycles. The molecule has 0 saturated carbocycles. The molecule has 0 spiro atoms. The first-order valence-corrected chi connectivity index (χ1v) is 7.73. The molecule has 0 radical (unpaired) electrons. The van der Waals surface area contributed by atoms with Crippen molar-refractivity contribution in [1.29, 1.82) is 0 Å². The van der Waals surface area contributed by atoms with Gasteiger partial charge in [0.15, 0.2) is 0 Å². The van der Waals surface area contributed by atoms with Gasteiger partial charge in [0.05, 0.1) is 12.7 Å². The minimum atomic E-state index is -0.544. The van der Waals surface area contributed by atoms with Crippen molar-refractivity contribution in [2.24, 2.45) is 0 Å². The van der Waals surface area contributed by atoms with Crippen molar-refractivity contribution in [2.45, 2.75) is 0 Å². The van der Waals surface area contributed by atoms with Crippen molar-refractivity contribution >= 4 is 23.0 Å². The fourth-order valence-corrected chi connectivity index (χ4v) is 2.32. The van der Waals surface area contributed by atoms with Crippen LogP contribution in [0.5, 0.6) is 5.75 Å². The van der Waals surface area contributed by atoms with Gasteiger partial charge in [-0.15, -0.1) is 0 Å². The number of carbonyl (C=O) groups excluding carboxylic acids is 1. The molecule has 126 valence electrons. The maximum Gasteiger partial charge on any atom is 0.258 e. The third kappa shape index (κ3) is 4.14. The Hall–Kier alpha value is -3.34. The van der Waals surface area contributed by atoms with E-state index in [0.29, 0.717) is 5.69 Å². The van der Waals surface area contributed by atoms with Gasteiger partial charge in [-0.05, 0) is 60.7 Å². The smallest absolute Gasteiger partial charge is 0.258 e. The highest BCUT2D eigenvalue weighted by Crippen LogP contribution is 2.21. The van der Waals surface area contributed by atoms with Crippen molar-refractivity contribution in [3.8, 4) is 5.75 Å². The van der Waals surface area contributed by atoms with Gasteiger partial charge in [-0.25, -0.2) is 4.39 Å². The van der Waals surface area contributed by atoms with E-state index in [1.807, 2.05) is 36.4 Å². The van der Waals surface area contributed by atoms with Crippen molar-refractivity contribution in [2.75, 3.05) is 17.7 Å². The number of ether oxygens (including phenoxy) is 1. The van der Waals surface area contributed by atoms with Gasteiger partial charge in [0.2, 0.25) is 0 Å². The van der Waals surface area contributed by atoms with Gasteiger partial charge in [-0.2, -0.15) is 0 Å². The highest BCUT2D eigenvalue weighted by molar-refractivity contribution is 6.04. The molecule has 5 heteroatoms. The summed E-state index contributed by atoms with van der Waals surface area (Å²) in [6.07, 6.45) is 0. The Labute approximate surface area is 145 Å². The topological polar surface area (TPSA) is 50.4 Å². The highest BCUT2D eigenvalue weighted by Gasteiger charge is 2.10. The average molecular weight is 336 g/mol. The van der Waals surface area contributed by atoms with Crippen LogP contribution < -0.4 is 15.4 Å². The van der Waals surface area contributed by atoms with Gasteiger partial charge in [-0.1, -0.05) is 12.1 Å². The van der Waals surface area contributed by atoms with Crippen LogP contribution in [0.3, 0.4) is 0 Å². The maximum atomic E-state index is 13.6. The standard InChI is InChI=1S/C20H17FN2O2/c1-25-17-12-10-15(11-13-17)22-14-6-8-16(9-7-14)23-20(24)18-4-2-3-5-19(18)21/h2-13,22H,1H3,(H,23,24).